The van der Waals surface area contributed by atoms with Gasteiger partial charge in [0.1, 0.15) is 0 Å². The monoisotopic (exact) mass is 235 g/mol. The third kappa shape index (κ3) is 1.87. The molecule has 0 spiro atoms. The van der Waals surface area contributed by atoms with Crippen LogP contribution in [0.15, 0.2) is 18.2 Å². The summed E-state index contributed by atoms with van der Waals surface area (Å²) in [5, 5.41) is 0.962. The van der Waals surface area contributed by atoms with Gasteiger partial charge in [0.05, 0.1) is 0 Å². The van der Waals surface area contributed by atoms with Crippen LogP contribution in [0.25, 0.3) is 0 Å². The van der Waals surface area contributed by atoms with E-state index in [-0.39, 0.29) is 0 Å². The molecule has 0 saturated heterocycles. The van der Waals surface area contributed by atoms with Crippen molar-refractivity contribution in [3.05, 3.63) is 34.3 Å². The van der Waals surface area contributed by atoms with Crippen LogP contribution in [0, 0.1) is 0 Å². The van der Waals surface area contributed by atoms with Crippen molar-refractivity contribution < 1.29 is 0 Å². The fraction of sp³-hybridized carbons (Fsp3) is 0.571. The van der Waals surface area contributed by atoms with Gasteiger partial charge in [-0.2, -0.15) is 0 Å². The molecule has 86 valence electrons. The Bertz CT molecular complexity index is 382. The van der Waals surface area contributed by atoms with E-state index in [1.165, 1.54) is 43.4 Å². The van der Waals surface area contributed by atoms with Crippen molar-refractivity contribution in [2.45, 2.75) is 44.7 Å². The zero-order chi connectivity index (χ0) is 11.0. The largest absolute Gasteiger partial charge is 0.296 e. The van der Waals surface area contributed by atoms with Gasteiger partial charge in [0.2, 0.25) is 0 Å². The number of halogens is 1. The minimum absolute atomic E-state index is 0.840. The van der Waals surface area contributed by atoms with Crippen molar-refractivity contribution in [2.75, 3.05) is 6.54 Å². The molecule has 0 radical (unpaired) electrons. The number of benzene rings is 1. The van der Waals surface area contributed by atoms with Gasteiger partial charge in [-0.1, -0.05) is 36.6 Å². The number of rotatable bonds is 1. The summed E-state index contributed by atoms with van der Waals surface area (Å²) in [6.45, 7) is 2.31. The molecular weight excluding hydrogens is 218 g/mol. The minimum Gasteiger partial charge on any atom is -0.296 e. The van der Waals surface area contributed by atoms with Crippen LogP contribution in [0.2, 0.25) is 5.02 Å². The highest BCUT2D eigenvalue weighted by atomic mass is 35.5. The molecule has 0 atom stereocenters. The predicted octanol–water partition coefficient (Wildman–Crippen LogP) is 3.64. The lowest BCUT2D eigenvalue weighted by Crippen LogP contribution is -2.37. The second kappa shape index (κ2) is 4.38. The Kier molecular flexibility index (Phi) is 2.91. The van der Waals surface area contributed by atoms with E-state index >= 15 is 0 Å². The summed E-state index contributed by atoms with van der Waals surface area (Å²) < 4.78 is 0. The van der Waals surface area contributed by atoms with Gasteiger partial charge in [0.15, 0.2) is 0 Å². The number of hydrogen-bond donors (Lipinski definition) is 0. The van der Waals surface area contributed by atoms with Gasteiger partial charge in [-0.3, -0.25) is 4.90 Å². The molecule has 1 heterocycles. The van der Waals surface area contributed by atoms with Crippen LogP contribution < -0.4 is 0 Å². The molecule has 0 amide bonds. The Labute approximate surface area is 102 Å². The number of nitrogens with zero attached hydrogens (tertiary/aromatic N) is 1. The van der Waals surface area contributed by atoms with Gasteiger partial charge in [-0.15, -0.1) is 0 Å². The van der Waals surface area contributed by atoms with Gasteiger partial charge in [0.25, 0.3) is 0 Å². The van der Waals surface area contributed by atoms with Crippen molar-refractivity contribution in [3.63, 3.8) is 0 Å². The van der Waals surface area contributed by atoms with Crippen molar-refractivity contribution >= 4 is 11.6 Å². The van der Waals surface area contributed by atoms with E-state index < -0.39 is 0 Å². The Morgan fingerprint density at radius 1 is 1.19 bits per heavy atom. The summed E-state index contributed by atoms with van der Waals surface area (Å²) >= 11 is 6.23. The first-order chi connectivity index (χ1) is 7.84. The maximum Gasteiger partial charge on any atom is 0.0441 e. The zero-order valence-corrected chi connectivity index (χ0v) is 10.3. The summed E-state index contributed by atoms with van der Waals surface area (Å²) in [5.41, 5.74) is 2.84. The van der Waals surface area contributed by atoms with Crippen molar-refractivity contribution in [3.8, 4) is 0 Å². The summed E-state index contributed by atoms with van der Waals surface area (Å²) in [7, 11) is 0. The van der Waals surface area contributed by atoms with Crippen molar-refractivity contribution in [2.24, 2.45) is 0 Å². The predicted molar refractivity (Wildman–Crippen MR) is 67.8 cm³/mol. The second-order valence-electron chi connectivity index (χ2n) is 5.04. The third-order valence-corrected chi connectivity index (χ3v) is 4.43. The van der Waals surface area contributed by atoms with Gasteiger partial charge in [-0.05, 0) is 36.5 Å². The topological polar surface area (TPSA) is 3.24 Å². The maximum absolute atomic E-state index is 6.23. The van der Waals surface area contributed by atoms with Gasteiger partial charge in [-0.25, -0.2) is 0 Å². The highest BCUT2D eigenvalue weighted by molar-refractivity contribution is 6.31. The van der Waals surface area contributed by atoms with Crippen LogP contribution in [0.4, 0.5) is 0 Å². The van der Waals surface area contributed by atoms with Crippen LogP contribution in [-0.2, 0) is 13.0 Å². The van der Waals surface area contributed by atoms with E-state index in [2.05, 4.69) is 17.0 Å². The normalized spacial score (nSPS) is 22.3. The molecule has 1 aliphatic carbocycles. The first-order valence-corrected chi connectivity index (χ1v) is 6.73. The molecule has 0 bridgehead atoms. The van der Waals surface area contributed by atoms with Gasteiger partial charge < -0.3 is 0 Å². The van der Waals surface area contributed by atoms with E-state index in [0.717, 1.165) is 24.0 Å². The highest BCUT2D eigenvalue weighted by Crippen LogP contribution is 2.31. The lowest BCUT2D eigenvalue weighted by molar-refractivity contribution is 0.181. The van der Waals surface area contributed by atoms with Gasteiger partial charge in [0, 0.05) is 24.2 Å². The SMILES string of the molecule is Clc1cccc2c1CCN(C1CCCC1)C2. The standard InChI is InChI=1S/C14H18ClN/c15-14-7-3-4-11-10-16(9-8-13(11)14)12-5-1-2-6-12/h3-4,7,12H,1-2,5-6,8-10H2. The third-order valence-electron chi connectivity index (χ3n) is 4.08. The summed E-state index contributed by atoms with van der Waals surface area (Å²) in [6, 6.07) is 7.18. The highest BCUT2D eigenvalue weighted by Gasteiger charge is 2.26. The first-order valence-electron chi connectivity index (χ1n) is 6.35. The van der Waals surface area contributed by atoms with Crippen LogP contribution in [0.3, 0.4) is 0 Å². The molecule has 1 nitrogen and oxygen atoms in total. The number of hydrogen-bond acceptors (Lipinski definition) is 1. The molecule has 0 aromatic heterocycles. The van der Waals surface area contributed by atoms with E-state index in [1.54, 1.807) is 0 Å². The first kappa shape index (κ1) is 10.6. The van der Waals surface area contributed by atoms with Crippen LogP contribution >= 0.6 is 11.6 Å². The van der Waals surface area contributed by atoms with Crippen LogP contribution in [0.5, 0.6) is 0 Å². The average Bonchev–Trinajstić information content (AvgIpc) is 2.82. The lowest BCUT2D eigenvalue weighted by atomic mass is 9.98. The van der Waals surface area contributed by atoms with E-state index in [0.29, 0.717) is 0 Å². The molecule has 1 saturated carbocycles. The lowest BCUT2D eigenvalue weighted by Gasteiger charge is -2.33. The Balaban J connectivity index is 1.80. The van der Waals surface area contributed by atoms with E-state index in [4.69, 9.17) is 11.6 Å². The smallest absolute Gasteiger partial charge is 0.0441 e. The molecule has 2 heteroatoms. The summed E-state index contributed by atoms with van der Waals surface area (Å²) in [4.78, 5) is 2.66. The fourth-order valence-electron chi connectivity index (χ4n) is 3.17. The summed E-state index contributed by atoms with van der Waals surface area (Å²) in [5.74, 6) is 0. The maximum atomic E-state index is 6.23. The van der Waals surface area contributed by atoms with Crippen LogP contribution in [0.1, 0.15) is 36.8 Å². The Morgan fingerprint density at radius 2 is 2.00 bits per heavy atom. The fourth-order valence-corrected chi connectivity index (χ4v) is 3.45. The molecule has 16 heavy (non-hydrogen) atoms. The van der Waals surface area contributed by atoms with E-state index in [1.807, 2.05) is 6.07 Å². The molecule has 0 N–H and O–H groups in total. The zero-order valence-electron chi connectivity index (χ0n) is 9.58. The average molecular weight is 236 g/mol. The molecule has 1 fully saturated rings. The van der Waals surface area contributed by atoms with Crippen molar-refractivity contribution in [1.29, 1.82) is 0 Å². The molecule has 0 unspecified atom stereocenters. The van der Waals surface area contributed by atoms with Crippen molar-refractivity contribution in [1.82, 2.24) is 4.90 Å². The molecular formula is C14H18ClN. The molecule has 1 aliphatic heterocycles. The quantitative estimate of drug-likeness (QED) is 0.719. The Hall–Kier alpha value is -0.530. The van der Waals surface area contributed by atoms with Crippen LogP contribution in [-0.4, -0.2) is 17.5 Å². The molecule has 3 rings (SSSR count). The Morgan fingerprint density at radius 3 is 2.81 bits per heavy atom. The second-order valence-corrected chi connectivity index (χ2v) is 5.44. The molecule has 1 aromatic rings. The van der Waals surface area contributed by atoms with E-state index in [9.17, 15) is 0 Å². The molecule has 2 aliphatic rings. The number of fused-ring (bicyclic) bond motifs is 1. The minimum atomic E-state index is 0.840. The van der Waals surface area contributed by atoms with Gasteiger partial charge >= 0.3 is 0 Å². The molecule has 1 aromatic carbocycles. The summed E-state index contributed by atoms with van der Waals surface area (Å²) in [6.07, 6.45) is 6.77.